The first kappa shape index (κ1) is 14.0. The summed E-state index contributed by atoms with van der Waals surface area (Å²) < 4.78 is 17.2. The summed E-state index contributed by atoms with van der Waals surface area (Å²) in [5, 5.41) is 4.13. The summed E-state index contributed by atoms with van der Waals surface area (Å²) in [7, 11) is 0. The molecule has 19 heavy (non-hydrogen) atoms. The van der Waals surface area contributed by atoms with E-state index in [4.69, 9.17) is 5.84 Å². The number of benzene rings is 1. The van der Waals surface area contributed by atoms with Gasteiger partial charge in [-0.2, -0.15) is 0 Å². The maximum Gasteiger partial charge on any atom is 0.123 e. The molecular weight excluding hydrogens is 263 g/mol. The molecule has 0 radical (unpaired) electrons. The molecule has 2 rings (SSSR count). The van der Waals surface area contributed by atoms with Crippen molar-refractivity contribution in [2.75, 3.05) is 0 Å². The minimum absolute atomic E-state index is 0.0802. The fraction of sp³-hybridized carbons (Fsp3) is 0.385. The van der Waals surface area contributed by atoms with E-state index < -0.39 is 0 Å². The lowest BCUT2D eigenvalue weighted by atomic mass is 10.0. The Kier molecular flexibility index (Phi) is 4.95. The number of hydrogen-bond acceptors (Lipinski definition) is 5. The average Bonchev–Trinajstić information content (AvgIpc) is 2.85. The first-order chi connectivity index (χ1) is 9.24. The van der Waals surface area contributed by atoms with Crippen molar-refractivity contribution in [2.45, 2.75) is 32.2 Å². The predicted molar refractivity (Wildman–Crippen MR) is 74.1 cm³/mol. The third-order valence-electron chi connectivity index (χ3n) is 2.92. The Morgan fingerprint density at radius 2 is 2.32 bits per heavy atom. The number of hydrogen-bond donors (Lipinski definition) is 2. The summed E-state index contributed by atoms with van der Waals surface area (Å²) in [5.74, 6) is 5.39. The van der Waals surface area contributed by atoms with Gasteiger partial charge < -0.3 is 0 Å². The molecule has 1 aromatic heterocycles. The molecule has 3 N–H and O–H groups in total. The summed E-state index contributed by atoms with van der Waals surface area (Å²) in [5.41, 5.74) is 4.66. The van der Waals surface area contributed by atoms with E-state index in [0.717, 1.165) is 29.0 Å². The van der Waals surface area contributed by atoms with Crippen molar-refractivity contribution in [1.82, 2.24) is 15.0 Å². The normalized spacial score (nSPS) is 12.6. The van der Waals surface area contributed by atoms with E-state index in [-0.39, 0.29) is 11.9 Å². The molecule has 2 aromatic rings. The van der Waals surface area contributed by atoms with Crippen LogP contribution in [0, 0.1) is 5.82 Å². The summed E-state index contributed by atoms with van der Waals surface area (Å²) >= 11 is 1.35. The maximum absolute atomic E-state index is 13.2. The Bertz CT molecular complexity index is 529. The minimum atomic E-state index is -0.232. The third kappa shape index (κ3) is 3.56. The molecule has 102 valence electrons. The monoisotopic (exact) mass is 280 g/mol. The van der Waals surface area contributed by atoms with Gasteiger partial charge in [-0.3, -0.25) is 11.3 Å². The zero-order valence-electron chi connectivity index (χ0n) is 10.8. The van der Waals surface area contributed by atoms with E-state index in [0.29, 0.717) is 6.42 Å². The fourth-order valence-corrected chi connectivity index (χ4v) is 2.77. The molecule has 0 aliphatic heterocycles. The summed E-state index contributed by atoms with van der Waals surface area (Å²) in [6, 6.07) is 6.48. The third-order valence-corrected chi connectivity index (χ3v) is 3.80. The molecule has 0 amide bonds. The molecule has 0 saturated carbocycles. The lowest BCUT2D eigenvalue weighted by Crippen LogP contribution is -2.29. The first-order valence-electron chi connectivity index (χ1n) is 6.26. The van der Waals surface area contributed by atoms with Gasteiger partial charge in [0.15, 0.2) is 0 Å². The lowest BCUT2D eigenvalue weighted by Gasteiger charge is -2.15. The molecule has 0 aliphatic carbocycles. The van der Waals surface area contributed by atoms with Crippen molar-refractivity contribution in [3.63, 3.8) is 0 Å². The van der Waals surface area contributed by atoms with Crippen molar-refractivity contribution in [1.29, 1.82) is 0 Å². The van der Waals surface area contributed by atoms with E-state index in [1.54, 1.807) is 6.07 Å². The molecule has 0 spiro atoms. The number of hydrazine groups is 1. The highest BCUT2D eigenvalue weighted by Crippen LogP contribution is 2.24. The smallest absolute Gasteiger partial charge is 0.123 e. The Morgan fingerprint density at radius 3 is 3.00 bits per heavy atom. The van der Waals surface area contributed by atoms with Crippen LogP contribution < -0.4 is 11.3 Å². The van der Waals surface area contributed by atoms with Gasteiger partial charge in [-0.25, -0.2) is 4.39 Å². The maximum atomic E-state index is 13.2. The second-order valence-corrected chi connectivity index (χ2v) is 5.17. The molecule has 0 fully saturated rings. The van der Waals surface area contributed by atoms with Crippen LogP contribution in [0.5, 0.6) is 0 Å². The predicted octanol–water partition coefficient (Wildman–Crippen LogP) is 2.38. The average molecular weight is 280 g/mol. The van der Waals surface area contributed by atoms with Crippen LogP contribution >= 0.6 is 11.5 Å². The van der Waals surface area contributed by atoms with Gasteiger partial charge in [-0.1, -0.05) is 30.0 Å². The number of aromatic nitrogens is 2. The summed E-state index contributed by atoms with van der Waals surface area (Å²) in [6.07, 6.45) is 2.51. The molecule has 4 nitrogen and oxygen atoms in total. The van der Waals surface area contributed by atoms with Crippen LogP contribution in [-0.2, 0) is 12.8 Å². The van der Waals surface area contributed by atoms with Gasteiger partial charge in [0.05, 0.1) is 16.6 Å². The second-order valence-electron chi connectivity index (χ2n) is 4.39. The largest absolute Gasteiger partial charge is 0.271 e. The van der Waals surface area contributed by atoms with E-state index in [1.165, 1.54) is 23.7 Å². The standard InChI is InChI=1S/C13H17FN4S/c1-2-4-11-13(19-18-17-11)12(16-15)8-9-5-3-6-10(14)7-9/h3,5-7,12,16H,2,4,8,15H2,1H3. The van der Waals surface area contributed by atoms with Gasteiger partial charge in [-0.15, -0.1) is 5.10 Å². The Labute approximate surface area is 116 Å². The molecule has 0 bridgehead atoms. The molecule has 1 aromatic carbocycles. The number of nitrogens with two attached hydrogens (primary N) is 1. The Balaban J connectivity index is 2.18. The molecule has 1 atom stereocenters. The second kappa shape index (κ2) is 6.70. The highest BCUT2D eigenvalue weighted by atomic mass is 32.1. The van der Waals surface area contributed by atoms with E-state index >= 15 is 0 Å². The van der Waals surface area contributed by atoms with Crippen molar-refractivity contribution in [3.8, 4) is 0 Å². The number of nitrogens with zero attached hydrogens (tertiary/aromatic N) is 2. The summed E-state index contributed by atoms with van der Waals surface area (Å²) in [6.45, 7) is 2.10. The van der Waals surface area contributed by atoms with Crippen LogP contribution in [0.2, 0.25) is 0 Å². The van der Waals surface area contributed by atoms with Crippen LogP contribution in [-0.4, -0.2) is 9.59 Å². The van der Waals surface area contributed by atoms with Gasteiger partial charge in [0.2, 0.25) is 0 Å². The quantitative estimate of drug-likeness (QED) is 0.630. The van der Waals surface area contributed by atoms with Crippen LogP contribution in [0.1, 0.15) is 35.5 Å². The zero-order valence-corrected chi connectivity index (χ0v) is 11.6. The van der Waals surface area contributed by atoms with Gasteiger partial charge in [0.25, 0.3) is 0 Å². The topological polar surface area (TPSA) is 63.8 Å². The molecule has 1 unspecified atom stereocenters. The van der Waals surface area contributed by atoms with Crippen molar-refractivity contribution < 1.29 is 4.39 Å². The van der Waals surface area contributed by atoms with Crippen LogP contribution in [0.25, 0.3) is 0 Å². The fourth-order valence-electron chi connectivity index (χ4n) is 2.02. The molecule has 1 heterocycles. The van der Waals surface area contributed by atoms with Crippen molar-refractivity contribution in [2.24, 2.45) is 5.84 Å². The molecule has 0 saturated heterocycles. The van der Waals surface area contributed by atoms with Crippen LogP contribution in [0.3, 0.4) is 0 Å². The van der Waals surface area contributed by atoms with E-state index in [9.17, 15) is 4.39 Å². The van der Waals surface area contributed by atoms with Crippen molar-refractivity contribution in [3.05, 3.63) is 46.2 Å². The number of halogens is 1. The van der Waals surface area contributed by atoms with Gasteiger partial charge in [0, 0.05) is 0 Å². The Hall–Kier alpha value is -1.37. The SMILES string of the molecule is CCCc1nnsc1C(Cc1cccc(F)c1)NN. The number of rotatable bonds is 6. The van der Waals surface area contributed by atoms with Gasteiger partial charge in [0.1, 0.15) is 5.82 Å². The van der Waals surface area contributed by atoms with E-state index in [2.05, 4.69) is 21.9 Å². The number of nitrogens with one attached hydrogen (secondary N) is 1. The summed E-state index contributed by atoms with van der Waals surface area (Å²) in [4.78, 5) is 1.04. The first-order valence-corrected chi connectivity index (χ1v) is 7.03. The highest BCUT2D eigenvalue weighted by Gasteiger charge is 2.18. The van der Waals surface area contributed by atoms with Gasteiger partial charge >= 0.3 is 0 Å². The van der Waals surface area contributed by atoms with Crippen molar-refractivity contribution >= 4 is 11.5 Å². The molecule has 6 heteroatoms. The zero-order chi connectivity index (χ0) is 13.7. The highest BCUT2D eigenvalue weighted by molar-refractivity contribution is 7.05. The molecule has 0 aliphatic rings. The lowest BCUT2D eigenvalue weighted by molar-refractivity contribution is 0.550. The van der Waals surface area contributed by atoms with E-state index in [1.807, 2.05) is 6.07 Å². The van der Waals surface area contributed by atoms with Crippen LogP contribution in [0.15, 0.2) is 24.3 Å². The van der Waals surface area contributed by atoms with Crippen LogP contribution in [0.4, 0.5) is 4.39 Å². The molecular formula is C13H17FN4S. The Morgan fingerprint density at radius 1 is 1.47 bits per heavy atom. The minimum Gasteiger partial charge on any atom is -0.271 e. The van der Waals surface area contributed by atoms with Gasteiger partial charge in [-0.05, 0) is 42.1 Å². The number of aryl methyl sites for hydroxylation is 1.